The Morgan fingerprint density at radius 1 is 1.14 bits per heavy atom. The summed E-state index contributed by atoms with van der Waals surface area (Å²) in [5.41, 5.74) is 2.48. The molecule has 0 unspecified atom stereocenters. The number of carbonyl (C=O) groups excluding carboxylic acids is 1. The molecule has 0 spiro atoms. The van der Waals surface area contributed by atoms with Crippen LogP contribution in [0.1, 0.15) is 38.7 Å². The molecule has 8 nitrogen and oxygen atoms in total. The zero-order valence-electron chi connectivity index (χ0n) is 21.0. The molecule has 1 aliphatic heterocycles. The fourth-order valence-electron chi connectivity index (χ4n) is 4.85. The second-order valence-electron chi connectivity index (χ2n) is 9.39. The van der Waals surface area contributed by atoms with E-state index in [1.807, 2.05) is 30.0 Å². The van der Waals surface area contributed by atoms with E-state index in [1.54, 1.807) is 10.8 Å². The Bertz CT molecular complexity index is 1190. The molecule has 35 heavy (non-hydrogen) atoms. The fourth-order valence-corrected chi connectivity index (χ4v) is 4.85. The van der Waals surface area contributed by atoms with Gasteiger partial charge in [0, 0.05) is 50.9 Å². The van der Waals surface area contributed by atoms with Crippen molar-refractivity contribution in [1.82, 2.24) is 24.8 Å². The standard InChI is InChI=1S/C27H36N6O2/c1-4-22(19-31(3)18-20-10-7-6-8-11-20)29-26(34)21-13-16-32(17-14-21)25-27(35)33(5-2)24-23(30-25)12-9-15-28-24/h6-12,15,21-22H,4-5,13-14,16-19H2,1-3H3,(H,29,34)/t22-/m1/s1. The van der Waals surface area contributed by atoms with Crippen LogP contribution in [-0.2, 0) is 17.9 Å². The second kappa shape index (κ2) is 11.4. The molecule has 1 fully saturated rings. The summed E-state index contributed by atoms with van der Waals surface area (Å²) in [6.45, 7) is 7.54. The van der Waals surface area contributed by atoms with Crippen molar-refractivity contribution in [2.45, 2.75) is 52.2 Å². The third-order valence-corrected chi connectivity index (χ3v) is 6.83. The lowest BCUT2D eigenvalue weighted by Gasteiger charge is -2.33. The molecule has 3 heterocycles. The largest absolute Gasteiger partial charge is 0.352 e. The molecule has 8 heteroatoms. The van der Waals surface area contributed by atoms with E-state index in [0.717, 1.165) is 19.5 Å². The molecule has 1 amide bonds. The van der Waals surface area contributed by atoms with Crippen molar-refractivity contribution < 1.29 is 4.79 Å². The molecule has 0 radical (unpaired) electrons. The maximum Gasteiger partial charge on any atom is 0.295 e. The number of nitrogens with zero attached hydrogens (tertiary/aromatic N) is 5. The van der Waals surface area contributed by atoms with Crippen LogP contribution in [0.5, 0.6) is 0 Å². The van der Waals surface area contributed by atoms with Gasteiger partial charge in [-0.2, -0.15) is 0 Å². The lowest BCUT2D eigenvalue weighted by atomic mass is 9.95. The van der Waals surface area contributed by atoms with Crippen LogP contribution in [0.3, 0.4) is 0 Å². The van der Waals surface area contributed by atoms with Crippen LogP contribution < -0.4 is 15.8 Å². The Morgan fingerprint density at radius 3 is 2.57 bits per heavy atom. The van der Waals surface area contributed by atoms with E-state index in [-0.39, 0.29) is 23.4 Å². The SMILES string of the molecule is CC[C@H](CN(C)Cc1ccccc1)NC(=O)C1CCN(c2nc3cccnc3n(CC)c2=O)CC1. The fraction of sp³-hybridized carbons (Fsp3) is 0.481. The first-order valence-corrected chi connectivity index (χ1v) is 12.6. The number of pyridine rings is 1. The van der Waals surface area contributed by atoms with Crippen molar-refractivity contribution >= 4 is 22.9 Å². The third kappa shape index (κ3) is 5.88. The smallest absolute Gasteiger partial charge is 0.295 e. The first-order valence-electron chi connectivity index (χ1n) is 12.6. The minimum Gasteiger partial charge on any atom is -0.352 e. The Balaban J connectivity index is 1.35. The van der Waals surface area contributed by atoms with Gasteiger partial charge in [-0.1, -0.05) is 37.3 Å². The molecule has 2 aromatic heterocycles. The quantitative estimate of drug-likeness (QED) is 0.511. The molecule has 1 aliphatic rings. The number of carbonyl (C=O) groups is 1. The number of piperidine rings is 1. The zero-order chi connectivity index (χ0) is 24.8. The Kier molecular flexibility index (Phi) is 8.13. The van der Waals surface area contributed by atoms with Crippen molar-refractivity contribution in [3.63, 3.8) is 0 Å². The number of rotatable bonds is 9. The number of benzene rings is 1. The van der Waals surface area contributed by atoms with Gasteiger partial charge in [0.25, 0.3) is 5.56 Å². The van der Waals surface area contributed by atoms with Crippen LogP contribution >= 0.6 is 0 Å². The van der Waals surface area contributed by atoms with Gasteiger partial charge < -0.3 is 15.1 Å². The van der Waals surface area contributed by atoms with Crippen molar-refractivity contribution in [3.05, 3.63) is 64.6 Å². The number of fused-ring (bicyclic) bond motifs is 1. The summed E-state index contributed by atoms with van der Waals surface area (Å²) in [6.07, 6.45) is 3.98. The predicted octanol–water partition coefficient (Wildman–Crippen LogP) is 3.05. The van der Waals surface area contributed by atoms with Crippen molar-refractivity contribution in [3.8, 4) is 0 Å². The topological polar surface area (TPSA) is 83.4 Å². The first kappa shape index (κ1) is 24.9. The van der Waals surface area contributed by atoms with E-state index in [2.05, 4.69) is 58.4 Å². The van der Waals surface area contributed by atoms with Crippen molar-refractivity contribution in [2.24, 2.45) is 5.92 Å². The molecule has 1 saturated heterocycles. The van der Waals surface area contributed by atoms with Crippen LogP contribution in [0.2, 0.25) is 0 Å². The minimum atomic E-state index is -0.117. The van der Waals surface area contributed by atoms with Crippen molar-refractivity contribution in [2.75, 3.05) is 31.6 Å². The van der Waals surface area contributed by atoms with Gasteiger partial charge in [-0.25, -0.2) is 9.97 Å². The molecule has 186 valence electrons. The highest BCUT2D eigenvalue weighted by atomic mass is 16.2. The summed E-state index contributed by atoms with van der Waals surface area (Å²) in [5.74, 6) is 0.529. The second-order valence-corrected chi connectivity index (χ2v) is 9.39. The maximum absolute atomic E-state index is 13.1. The van der Waals surface area contributed by atoms with E-state index in [0.29, 0.717) is 49.5 Å². The molecule has 1 aromatic carbocycles. The van der Waals surface area contributed by atoms with Gasteiger partial charge in [-0.3, -0.25) is 14.2 Å². The molecule has 0 saturated carbocycles. The lowest BCUT2D eigenvalue weighted by molar-refractivity contribution is -0.126. The maximum atomic E-state index is 13.1. The normalized spacial score (nSPS) is 15.5. The number of nitrogens with one attached hydrogen (secondary N) is 1. The summed E-state index contributed by atoms with van der Waals surface area (Å²) in [4.78, 5) is 39.4. The van der Waals surface area contributed by atoms with Crippen LogP contribution in [0.25, 0.3) is 11.2 Å². The monoisotopic (exact) mass is 476 g/mol. The van der Waals surface area contributed by atoms with Gasteiger partial charge in [0.1, 0.15) is 5.52 Å². The molecule has 3 aromatic rings. The molecule has 0 aliphatic carbocycles. The average molecular weight is 477 g/mol. The summed E-state index contributed by atoms with van der Waals surface area (Å²) in [5, 5.41) is 3.27. The average Bonchev–Trinajstić information content (AvgIpc) is 2.88. The lowest BCUT2D eigenvalue weighted by Crippen LogP contribution is -2.47. The minimum absolute atomic E-state index is 0.0461. The van der Waals surface area contributed by atoms with Gasteiger partial charge in [-0.15, -0.1) is 0 Å². The summed E-state index contributed by atoms with van der Waals surface area (Å²) < 4.78 is 1.67. The first-order chi connectivity index (χ1) is 17.0. The van der Waals surface area contributed by atoms with E-state index >= 15 is 0 Å². The number of anilines is 1. The summed E-state index contributed by atoms with van der Waals surface area (Å²) in [7, 11) is 2.09. The number of amides is 1. The number of aryl methyl sites for hydroxylation is 1. The van der Waals surface area contributed by atoms with E-state index in [9.17, 15) is 9.59 Å². The van der Waals surface area contributed by atoms with E-state index < -0.39 is 0 Å². The number of aromatic nitrogens is 3. The number of likely N-dealkylation sites (N-methyl/N-ethyl adjacent to an activating group) is 1. The van der Waals surface area contributed by atoms with Gasteiger partial charge in [0.05, 0.1) is 0 Å². The van der Waals surface area contributed by atoms with Gasteiger partial charge >= 0.3 is 0 Å². The van der Waals surface area contributed by atoms with Crippen LogP contribution in [0, 0.1) is 5.92 Å². The molecular weight excluding hydrogens is 440 g/mol. The summed E-state index contributed by atoms with van der Waals surface area (Å²) in [6, 6.07) is 14.2. The van der Waals surface area contributed by atoms with Crippen LogP contribution in [-0.4, -0.2) is 58.1 Å². The van der Waals surface area contributed by atoms with Crippen LogP contribution in [0.15, 0.2) is 53.5 Å². The number of hydrogen-bond acceptors (Lipinski definition) is 6. The van der Waals surface area contributed by atoms with E-state index in [4.69, 9.17) is 0 Å². The van der Waals surface area contributed by atoms with Gasteiger partial charge in [0.2, 0.25) is 5.91 Å². The Labute approximate surface area is 207 Å². The van der Waals surface area contributed by atoms with Gasteiger partial charge in [-0.05, 0) is 50.9 Å². The van der Waals surface area contributed by atoms with Crippen molar-refractivity contribution in [1.29, 1.82) is 0 Å². The molecule has 4 rings (SSSR count). The zero-order valence-corrected chi connectivity index (χ0v) is 21.0. The highest BCUT2D eigenvalue weighted by Gasteiger charge is 2.28. The Morgan fingerprint density at radius 2 is 1.89 bits per heavy atom. The molecule has 1 atom stereocenters. The molecular formula is C27H36N6O2. The van der Waals surface area contributed by atoms with Gasteiger partial charge in [0.15, 0.2) is 11.5 Å². The number of hydrogen-bond donors (Lipinski definition) is 1. The van der Waals surface area contributed by atoms with E-state index in [1.165, 1.54) is 5.56 Å². The molecule has 0 bridgehead atoms. The highest BCUT2D eigenvalue weighted by molar-refractivity contribution is 5.79. The molecule has 1 N–H and O–H groups in total. The third-order valence-electron chi connectivity index (χ3n) is 6.83. The summed E-state index contributed by atoms with van der Waals surface area (Å²) >= 11 is 0. The highest BCUT2D eigenvalue weighted by Crippen LogP contribution is 2.22. The van der Waals surface area contributed by atoms with Crippen LogP contribution in [0.4, 0.5) is 5.82 Å². The predicted molar refractivity (Wildman–Crippen MR) is 139 cm³/mol. The Hall–Kier alpha value is -3.26.